The molecule has 0 spiro atoms. The van der Waals surface area contributed by atoms with Crippen LogP contribution in [0.4, 0.5) is 0 Å². The Bertz CT molecular complexity index is 1570. The lowest BCUT2D eigenvalue weighted by atomic mass is 9.92. The van der Waals surface area contributed by atoms with Crippen LogP contribution in [0.5, 0.6) is 0 Å². The van der Waals surface area contributed by atoms with E-state index in [1.165, 1.54) is 0 Å². The monoisotopic (exact) mass is 658 g/mol. The maximum absolute atomic E-state index is 14.5. The fraction of sp³-hybridized carbons (Fsp3) is 0.605. The number of fused-ring (bicyclic) bond motifs is 5. The second-order valence-corrected chi connectivity index (χ2v) is 15.1. The third kappa shape index (κ3) is 7.43. The number of aromatic nitrogens is 1. The quantitative estimate of drug-likeness (QED) is 0.348. The highest BCUT2D eigenvalue weighted by atomic mass is 16.6. The molecule has 1 saturated carbocycles. The molecule has 2 aromatic rings. The number of para-hydroxylation sites is 1. The van der Waals surface area contributed by atoms with Gasteiger partial charge in [-0.3, -0.25) is 24.3 Å². The van der Waals surface area contributed by atoms with E-state index in [-0.39, 0.29) is 42.6 Å². The minimum atomic E-state index is -1.13. The first kappa shape index (κ1) is 34.1. The Hall–Kier alpha value is -3.79. The minimum absolute atomic E-state index is 0.0230. The Kier molecular flexibility index (Phi) is 9.93. The number of benzene rings is 1. The number of nitrogens with zero attached hydrogens (tertiary/aromatic N) is 3. The number of pyridine rings is 1. The smallest absolute Gasteiger partial charge is 0.332 e. The summed E-state index contributed by atoms with van der Waals surface area (Å²) in [6.07, 6.45) is 8.63. The molecule has 6 rings (SSSR count). The van der Waals surface area contributed by atoms with Crippen LogP contribution >= 0.6 is 0 Å². The largest absolute Gasteiger partial charge is 0.464 e. The highest BCUT2D eigenvalue weighted by molar-refractivity contribution is 5.96. The third-order valence-electron chi connectivity index (χ3n) is 10.3. The SMILES string of the molecule is CCOC(=O)[C@@]12CC1/C=C\CCCCC[C@H](CC(=O)OC(C)(C)C)C(=O)N1C[C@@H]3CN(Cc4ccc5ccccc5n4)C[C@@H]3[C@H]1C(=O)N2. The topological polar surface area (TPSA) is 118 Å². The summed E-state index contributed by atoms with van der Waals surface area (Å²) in [4.78, 5) is 64.1. The van der Waals surface area contributed by atoms with Crippen molar-refractivity contribution in [3.63, 3.8) is 0 Å². The lowest BCUT2D eigenvalue weighted by Crippen LogP contribution is -2.56. The predicted octanol–water partition coefficient (Wildman–Crippen LogP) is 4.80. The number of carbonyl (C=O) groups is 4. The zero-order valence-corrected chi connectivity index (χ0v) is 28.8. The van der Waals surface area contributed by atoms with Crippen molar-refractivity contribution in [3.8, 4) is 0 Å². The predicted molar refractivity (Wildman–Crippen MR) is 181 cm³/mol. The number of amides is 2. The highest BCUT2D eigenvalue weighted by Gasteiger charge is 2.63. The Morgan fingerprint density at radius 2 is 1.85 bits per heavy atom. The van der Waals surface area contributed by atoms with Gasteiger partial charge in [0, 0.05) is 49.3 Å². The molecule has 10 heteroatoms. The number of hydrogen-bond donors (Lipinski definition) is 1. The van der Waals surface area contributed by atoms with Crippen molar-refractivity contribution in [2.24, 2.45) is 23.7 Å². The Balaban J connectivity index is 1.27. The lowest BCUT2D eigenvalue weighted by Gasteiger charge is -2.32. The van der Waals surface area contributed by atoms with E-state index in [4.69, 9.17) is 14.5 Å². The molecule has 258 valence electrons. The highest BCUT2D eigenvalue weighted by Crippen LogP contribution is 2.47. The number of carbonyl (C=O) groups excluding carboxylic acids is 4. The number of hydrogen-bond acceptors (Lipinski definition) is 8. The molecular formula is C38H50N4O6. The van der Waals surface area contributed by atoms with E-state index in [1.54, 1.807) is 11.8 Å². The Morgan fingerprint density at radius 1 is 1.04 bits per heavy atom. The van der Waals surface area contributed by atoms with Gasteiger partial charge < -0.3 is 19.7 Å². The number of esters is 2. The summed E-state index contributed by atoms with van der Waals surface area (Å²) in [7, 11) is 0. The van der Waals surface area contributed by atoms with Crippen LogP contribution in [0.15, 0.2) is 48.6 Å². The van der Waals surface area contributed by atoms with E-state index < -0.39 is 35.0 Å². The summed E-state index contributed by atoms with van der Waals surface area (Å²) >= 11 is 0. The van der Waals surface area contributed by atoms with E-state index in [0.29, 0.717) is 32.5 Å². The molecule has 48 heavy (non-hydrogen) atoms. The van der Waals surface area contributed by atoms with E-state index in [1.807, 2.05) is 57.2 Å². The van der Waals surface area contributed by atoms with Crippen LogP contribution in [0.2, 0.25) is 0 Å². The van der Waals surface area contributed by atoms with Crippen molar-refractivity contribution in [3.05, 3.63) is 54.2 Å². The molecule has 1 aromatic carbocycles. The summed E-state index contributed by atoms with van der Waals surface area (Å²) in [5.74, 6) is -2.12. The molecule has 1 unspecified atom stereocenters. The van der Waals surface area contributed by atoms with Crippen molar-refractivity contribution >= 4 is 34.7 Å². The zero-order chi connectivity index (χ0) is 34.1. The van der Waals surface area contributed by atoms with Crippen LogP contribution in [-0.2, 0) is 35.2 Å². The van der Waals surface area contributed by atoms with E-state index >= 15 is 0 Å². The summed E-state index contributed by atoms with van der Waals surface area (Å²) in [6.45, 7) is 9.85. The molecule has 4 aliphatic rings. The first-order chi connectivity index (χ1) is 23.0. The summed E-state index contributed by atoms with van der Waals surface area (Å²) in [5.41, 5.74) is 0.116. The molecule has 2 amide bonds. The molecule has 3 fully saturated rings. The van der Waals surface area contributed by atoms with Crippen LogP contribution in [0.25, 0.3) is 10.9 Å². The minimum Gasteiger partial charge on any atom is -0.464 e. The second kappa shape index (κ2) is 14.0. The fourth-order valence-corrected chi connectivity index (χ4v) is 7.98. The van der Waals surface area contributed by atoms with Crippen LogP contribution in [0, 0.1) is 23.7 Å². The van der Waals surface area contributed by atoms with E-state index in [9.17, 15) is 19.2 Å². The van der Waals surface area contributed by atoms with Gasteiger partial charge in [-0.05, 0) is 71.4 Å². The summed E-state index contributed by atoms with van der Waals surface area (Å²) < 4.78 is 11.1. The van der Waals surface area contributed by atoms with Gasteiger partial charge in [0.1, 0.15) is 17.2 Å². The van der Waals surface area contributed by atoms with Crippen molar-refractivity contribution in [2.45, 2.75) is 96.4 Å². The van der Waals surface area contributed by atoms with Crippen LogP contribution in [0.3, 0.4) is 0 Å². The van der Waals surface area contributed by atoms with Gasteiger partial charge in [0.05, 0.1) is 24.2 Å². The van der Waals surface area contributed by atoms with Gasteiger partial charge in [0.15, 0.2) is 0 Å². The van der Waals surface area contributed by atoms with E-state index in [2.05, 4.69) is 22.4 Å². The molecule has 1 aliphatic carbocycles. The standard InChI is InChI=1S/C38H50N4O6/c1-5-47-36(46)38-20-28(38)15-10-8-6-7-9-14-26(19-32(43)48-37(2,3)4)35(45)42-22-27-21-41(24-30(27)33(42)34(44)40-38)23-29-18-17-25-13-11-12-16-31(25)39-29/h10-13,15-18,26-28,30,33H,5-9,14,19-24H2,1-4H3,(H,40,44)/b15-10-/t26-,27+,28?,30+,33+,38-/m1/s1. The fourth-order valence-electron chi connectivity index (χ4n) is 7.98. The lowest BCUT2D eigenvalue weighted by molar-refractivity contribution is -0.159. The second-order valence-electron chi connectivity index (χ2n) is 15.1. The Morgan fingerprint density at radius 3 is 2.65 bits per heavy atom. The van der Waals surface area contributed by atoms with Crippen molar-refractivity contribution in [2.75, 3.05) is 26.2 Å². The molecule has 6 atom stereocenters. The summed E-state index contributed by atoms with van der Waals surface area (Å²) in [6, 6.07) is 11.4. The maximum Gasteiger partial charge on any atom is 0.332 e. The van der Waals surface area contributed by atoms with Gasteiger partial charge in [0.25, 0.3) is 0 Å². The number of rotatable bonds is 6. The molecule has 1 N–H and O–H groups in total. The first-order valence-electron chi connectivity index (χ1n) is 17.7. The zero-order valence-electron chi connectivity index (χ0n) is 28.8. The average Bonchev–Trinajstić information content (AvgIpc) is 3.40. The van der Waals surface area contributed by atoms with Gasteiger partial charge in [-0.1, -0.05) is 49.3 Å². The van der Waals surface area contributed by atoms with Crippen LogP contribution in [-0.4, -0.2) is 82.0 Å². The number of likely N-dealkylation sites (tertiary alicyclic amines) is 1. The molecular weight excluding hydrogens is 608 g/mol. The average molecular weight is 659 g/mol. The maximum atomic E-state index is 14.5. The molecule has 2 saturated heterocycles. The molecule has 10 nitrogen and oxygen atoms in total. The number of nitrogens with one attached hydrogen (secondary N) is 1. The summed E-state index contributed by atoms with van der Waals surface area (Å²) in [5, 5.41) is 4.20. The number of allylic oxidation sites excluding steroid dienone is 1. The van der Waals surface area contributed by atoms with Gasteiger partial charge in [-0.15, -0.1) is 0 Å². The normalized spacial score (nSPS) is 30.3. The van der Waals surface area contributed by atoms with Gasteiger partial charge in [0.2, 0.25) is 11.8 Å². The van der Waals surface area contributed by atoms with Crippen LogP contribution < -0.4 is 5.32 Å². The molecule has 0 bridgehead atoms. The molecule has 0 radical (unpaired) electrons. The van der Waals surface area contributed by atoms with Crippen LogP contribution in [0.1, 0.15) is 78.3 Å². The van der Waals surface area contributed by atoms with Crippen molar-refractivity contribution in [1.29, 1.82) is 0 Å². The molecule has 4 heterocycles. The van der Waals surface area contributed by atoms with Gasteiger partial charge in [-0.25, -0.2) is 4.79 Å². The first-order valence-corrected chi connectivity index (χ1v) is 17.7. The molecule has 3 aliphatic heterocycles. The third-order valence-corrected chi connectivity index (χ3v) is 10.3. The van der Waals surface area contributed by atoms with Gasteiger partial charge in [-0.2, -0.15) is 0 Å². The van der Waals surface area contributed by atoms with Crippen molar-refractivity contribution in [1.82, 2.24) is 20.1 Å². The Labute approximate surface area is 283 Å². The number of ether oxygens (including phenoxy) is 2. The van der Waals surface area contributed by atoms with Gasteiger partial charge >= 0.3 is 11.9 Å². The van der Waals surface area contributed by atoms with E-state index in [0.717, 1.165) is 48.8 Å². The molecule has 1 aromatic heterocycles. The van der Waals surface area contributed by atoms with Crippen molar-refractivity contribution < 1.29 is 28.7 Å².